The molecule has 0 radical (unpaired) electrons. The van der Waals surface area contributed by atoms with Crippen molar-refractivity contribution in [3.8, 4) is 11.5 Å². The van der Waals surface area contributed by atoms with Crippen LogP contribution in [0.15, 0.2) is 18.2 Å². The maximum absolute atomic E-state index is 11.3. The Bertz CT molecular complexity index is 500. The number of benzene rings is 1. The maximum Gasteiger partial charge on any atom is 0.407 e. The Balaban J connectivity index is 2.03. The van der Waals surface area contributed by atoms with Crippen molar-refractivity contribution in [2.45, 2.75) is 13.0 Å². The summed E-state index contributed by atoms with van der Waals surface area (Å²) in [6.45, 7) is 2.14. The number of amides is 1. The fourth-order valence-corrected chi connectivity index (χ4v) is 1.71. The highest BCUT2D eigenvalue weighted by atomic mass is 16.6. The summed E-state index contributed by atoms with van der Waals surface area (Å²) in [6.07, 6.45) is -0.753. The third kappa shape index (κ3) is 3.15. The molecule has 1 aliphatic heterocycles. The molecule has 6 heteroatoms. The largest absolute Gasteiger partial charge is 0.493 e. The van der Waals surface area contributed by atoms with Crippen LogP contribution in [-0.2, 0) is 4.74 Å². The van der Waals surface area contributed by atoms with E-state index in [2.05, 4.69) is 5.32 Å². The second-order valence-electron chi connectivity index (χ2n) is 4.14. The van der Waals surface area contributed by atoms with E-state index in [0.29, 0.717) is 23.6 Å². The maximum atomic E-state index is 11.3. The van der Waals surface area contributed by atoms with E-state index in [1.54, 1.807) is 18.2 Å². The molecular formula is C13H15NO5. The SMILES string of the molecule is COc1cc(C(C)=O)ccc1OCC1CNC(=O)O1. The third-order valence-electron chi connectivity index (χ3n) is 2.74. The molecule has 1 heterocycles. The van der Waals surface area contributed by atoms with Crippen LogP contribution < -0.4 is 14.8 Å². The lowest BCUT2D eigenvalue weighted by molar-refractivity contribution is 0.101. The van der Waals surface area contributed by atoms with E-state index >= 15 is 0 Å². The van der Waals surface area contributed by atoms with Crippen molar-refractivity contribution in [1.29, 1.82) is 0 Å². The van der Waals surface area contributed by atoms with E-state index in [-0.39, 0.29) is 18.5 Å². The van der Waals surface area contributed by atoms with Crippen LogP contribution in [0.3, 0.4) is 0 Å². The minimum Gasteiger partial charge on any atom is -0.493 e. The lowest BCUT2D eigenvalue weighted by atomic mass is 10.1. The van der Waals surface area contributed by atoms with E-state index in [4.69, 9.17) is 14.2 Å². The van der Waals surface area contributed by atoms with Gasteiger partial charge in [-0.1, -0.05) is 0 Å². The zero-order chi connectivity index (χ0) is 13.8. The quantitative estimate of drug-likeness (QED) is 0.814. The molecule has 1 amide bonds. The van der Waals surface area contributed by atoms with Crippen molar-refractivity contribution in [3.63, 3.8) is 0 Å². The smallest absolute Gasteiger partial charge is 0.407 e. The minimum absolute atomic E-state index is 0.0428. The Kier molecular flexibility index (Phi) is 3.89. The summed E-state index contributed by atoms with van der Waals surface area (Å²) in [5.74, 6) is 0.944. The number of hydrogen-bond acceptors (Lipinski definition) is 5. The average Bonchev–Trinajstić information content (AvgIpc) is 2.81. The van der Waals surface area contributed by atoms with E-state index in [1.165, 1.54) is 14.0 Å². The first-order valence-corrected chi connectivity index (χ1v) is 5.86. The number of Topliss-reactive ketones (excluding diaryl/α,β-unsaturated/α-hetero) is 1. The van der Waals surface area contributed by atoms with Crippen molar-refractivity contribution in [1.82, 2.24) is 5.32 Å². The van der Waals surface area contributed by atoms with E-state index < -0.39 is 6.09 Å². The highest BCUT2D eigenvalue weighted by molar-refractivity contribution is 5.94. The first-order chi connectivity index (χ1) is 9.10. The fraction of sp³-hybridized carbons (Fsp3) is 0.385. The summed E-state index contributed by atoms with van der Waals surface area (Å²) in [6, 6.07) is 4.95. The van der Waals surface area contributed by atoms with Crippen molar-refractivity contribution in [3.05, 3.63) is 23.8 Å². The molecule has 1 aromatic rings. The Morgan fingerprint density at radius 3 is 2.84 bits per heavy atom. The Morgan fingerprint density at radius 2 is 2.26 bits per heavy atom. The van der Waals surface area contributed by atoms with Crippen molar-refractivity contribution in [2.24, 2.45) is 0 Å². The molecule has 102 valence electrons. The van der Waals surface area contributed by atoms with Crippen LogP contribution in [-0.4, -0.2) is 38.2 Å². The minimum atomic E-state index is -0.438. The number of nitrogens with one attached hydrogen (secondary N) is 1. The Morgan fingerprint density at radius 1 is 1.47 bits per heavy atom. The molecule has 0 spiro atoms. The lowest BCUT2D eigenvalue weighted by Crippen LogP contribution is -2.22. The molecular weight excluding hydrogens is 250 g/mol. The second-order valence-corrected chi connectivity index (χ2v) is 4.14. The van der Waals surface area contributed by atoms with Gasteiger partial charge in [0.25, 0.3) is 0 Å². The van der Waals surface area contributed by atoms with E-state index in [1.807, 2.05) is 0 Å². The first kappa shape index (κ1) is 13.2. The molecule has 0 aliphatic carbocycles. The van der Waals surface area contributed by atoms with Gasteiger partial charge in [-0.05, 0) is 25.1 Å². The standard InChI is InChI=1S/C13H15NO5/c1-8(15)9-3-4-11(12(5-9)17-2)18-7-10-6-14-13(16)19-10/h3-5,10H,6-7H2,1-2H3,(H,14,16). The summed E-state index contributed by atoms with van der Waals surface area (Å²) < 4.78 is 15.7. The molecule has 0 saturated carbocycles. The predicted molar refractivity (Wildman–Crippen MR) is 66.8 cm³/mol. The number of alkyl carbamates (subject to hydrolysis) is 1. The molecule has 1 N–H and O–H groups in total. The molecule has 0 aromatic heterocycles. The van der Waals surface area contributed by atoms with Gasteiger partial charge in [-0.15, -0.1) is 0 Å². The van der Waals surface area contributed by atoms with Gasteiger partial charge in [0.15, 0.2) is 23.4 Å². The van der Waals surface area contributed by atoms with Crippen LogP contribution in [0.4, 0.5) is 4.79 Å². The topological polar surface area (TPSA) is 73.9 Å². The highest BCUT2D eigenvalue weighted by Crippen LogP contribution is 2.28. The molecule has 1 aromatic carbocycles. The number of ether oxygens (including phenoxy) is 3. The summed E-state index contributed by atoms with van der Waals surface area (Å²) in [5, 5.41) is 2.54. The van der Waals surface area contributed by atoms with Gasteiger partial charge in [0, 0.05) is 5.56 Å². The Hall–Kier alpha value is -2.24. The number of methoxy groups -OCH3 is 1. The second kappa shape index (κ2) is 5.60. The Labute approximate surface area is 110 Å². The zero-order valence-electron chi connectivity index (χ0n) is 10.8. The fourth-order valence-electron chi connectivity index (χ4n) is 1.71. The molecule has 6 nitrogen and oxygen atoms in total. The number of rotatable bonds is 5. The van der Waals surface area contributed by atoms with Gasteiger partial charge >= 0.3 is 6.09 Å². The lowest BCUT2D eigenvalue weighted by Gasteiger charge is -2.13. The number of carbonyl (C=O) groups excluding carboxylic acids is 2. The van der Waals surface area contributed by atoms with Crippen LogP contribution in [0.2, 0.25) is 0 Å². The number of carbonyl (C=O) groups is 2. The van der Waals surface area contributed by atoms with Crippen molar-refractivity contribution < 1.29 is 23.8 Å². The highest BCUT2D eigenvalue weighted by Gasteiger charge is 2.23. The number of ketones is 1. The zero-order valence-corrected chi connectivity index (χ0v) is 10.8. The molecule has 1 aliphatic rings. The monoisotopic (exact) mass is 265 g/mol. The van der Waals surface area contributed by atoms with Gasteiger partial charge in [0.2, 0.25) is 0 Å². The van der Waals surface area contributed by atoms with E-state index in [0.717, 1.165) is 0 Å². The van der Waals surface area contributed by atoms with Gasteiger partial charge in [-0.3, -0.25) is 4.79 Å². The van der Waals surface area contributed by atoms with Crippen molar-refractivity contribution >= 4 is 11.9 Å². The summed E-state index contributed by atoms with van der Waals surface area (Å²) in [4.78, 5) is 22.1. The predicted octanol–water partition coefficient (Wildman–Crippen LogP) is 1.39. The normalized spacial score (nSPS) is 17.6. The van der Waals surface area contributed by atoms with Crippen LogP contribution >= 0.6 is 0 Å². The molecule has 1 unspecified atom stereocenters. The van der Waals surface area contributed by atoms with Gasteiger partial charge in [-0.2, -0.15) is 0 Å². The van der Waals surface area contributed by atoms with Crippen LogP contribution in [0.25, 0.3) is 0 Å². The van der Waals surface area contributed by atoms with Crippen molar-refractivity contribution in [2.75, 3.05) is 20.3 Å². The summed E-state index contributed by atoms with van der Waals surface area (Å²) in [7, 11) is 1.50. The number of cyclic esters (lactones) is 1. The average molecular weight is 265 g/mol. The van der Waals surface area contributed by atoms with Crippen LogP contribution in [0, 0.1) is 0 Å². The summed E-state index contributed by atoms with van der Waals surface area (Å²) >= 11 is 0. The molecule has 2 rings (SSSR count). The van der Waals surface area contributed by atoms with E-state index in [9.17, 15) is 9.59 Å². The van der Waals surface area contributed by atoms with Gasteiger partial charge < -0.3 is 19.5 Å². The van der Waals surface area contributed by atoms with Gasteiger partial charge in [0.05, 0.1) is 13.7 Å². The van der Waals surface area contributed by atoms with Gasteiger partial charge in [0.1, 0.15) is 6.61 Å². The molecule has 1 saturated heterocycles. The first-order valence-electron chi connectivity index (χ1n) is 5.86. The van der Waals surface area contributed by atoms with Gasteiger partial charge in [-0.25, -0.2) is 4.79 Å². The third-order valence-corrected chi connectivity index (χ3v) is 2.74. The molecule has 1 fully saturated rings. The summed E-state index contributed by atoms with van der Waals surface area (Å²) in [5.41, 5.74) is 0.554. The molecule has 19 heavy (non-hydrogen) atoms. The molecule has 0 bridgehead atoms. The van der Waals surface area contributed by atoms with Crippen LogP contribution in [0.1, 0.15) is 17.3 Å². The van der Waals surface area contributed by atoms with Crippen LogP contribution in [0.5, 0.6) is 11.5 Å². The molecule has 1 atom stereocenters. The number of hydrogen-bond donors (Lipinski definition) is 1.